The van der Waals surface area contributed by atoms with Crippen molar-refractivity contribution in [2.75, 3.05) is 11.1 Å². The second kappa shape index (κ2) is 8.83. The number of nitrogens with one attached hydrogen (secondary N) is 1. The van der Waals surface area contributed by atoms with Crippen molar-refractivity contribution in [3.05, 3.63) is 82.4 Å². The van der Waals surface area contributed by atoms with Crippen LogP contribution in [0.15, 0.2) is 60.8 Å². The minimum absolute atomic E-state index is 0.00262. The largest absolute Gasteiger partial charge is 0.301 e. The van der Waals surface area contributed by atoms with E-state index in [0.29, 0.717) is 10.9 Å². The van der Waals surface area contributed by atoms with Gasteiger partial charge in [0.1, 0.15) is 0 Å². The van der Waals surface area contributed by atoms with Gasteiger partial charge < -0.3 is 5.32 Å². The van der Waals surface area contributed by atoms with E-state index >= 15 is 0 Å². The third kappa shape index (κ3) is 5.73. The standard InChI is InChI=1S/C20H20N2OS2/c1-15-7-9-16(10-8-15)11-18-12-21-20(25-18)22-19(23)14-24-13-17-5-3-2-4-6-17/h2-10,12H,11,13-14H2,1H3,(H,21,22,23). The number of carbonyl (C=O) groups excluding carboxylic acids is 1. The zero-order chi connectivity index (χ0) is 17.5. The van der Waals surface area contributed by atoms with E-state index in [2.05, 4.69) is 53.6 Å². The molecular formula is C20H20N2OS2. The number of aromatic nitrogens is 1. The van der Waals surface area contributed by atoms with E-state index < -0.39 is 0 Å². The molecule has 2 aromatic carbocycles. The number of thioether (sulfide) groups is 1. The van der Waals surface area contributed by atoms with Crippen LogP contribution in [0.3, 0.4) is 0 Å². The van der Waals surface area contributed by atoms with Gasteiger partial charge in [0.15, 0.2) is 5.13 Å². The summed E-state index contributed by atoms with van der Waals surface area (Å²) in [6, 6.07) is 18.7. The van der Waals surface area contributed by atoms with Crippen LogP contribution in [0.25, 0.3) is 0 Å². The van der Waals surface area contributed by atoms with Gasteiger partial charge in [-0.15, -0.1) is 23.1 Å². The van der Waals surface area contributed by atoms with Crippen LogP contribution in [-0.2, 0) is 17.0 Å². The summed E-state index contributed by atoms with van der Waals surface area (Å²) in [6.07, 6.45) is 2.69. The maximum absolute atomic E-state index is 12.0. The molecule has 1 amide bonds. The van der Waals surface area contributed by atoms with E-state index in [1.54, 1.807) is 11.8 Å². The molecule has 0 aliphatic rings. The molecule has 25 heavy (non-hydrogen) atoms. The summed E-state index contributed by atoms with van der Waals surface area (Å²) in [5.41, 5.74) is 3.74. The van der Waals surface area contributed by atoms with Gasteiger partial charge in [-0.1, -0.05) is 60.2 Å². The van der Waals surface area contributed by atoms with Crippen molar-refractivity contribution in [2.24, 2.45) is 0 Å². The number of amides is 1. The highest BCUT2D eigenvalue weighted by Gasteiger charge is 2.08. The summed E-state index contributed by atoms with van der Waals surface area (Å²) < 4.78 is 0. The maximum Gasteiger partial charge on any atom is 0.236 e. The van der Waals surface area contributed by atoms with Crippen molar-refractivity contribution in [3.8, 4) is 0 Å². The highest BCUT2D eigenvalue weighted by atomic mass is 32.2. The zero-order valence-corrected chi connectivity index (χ0v) is 15.7. The highest BCUT2D eigenvalue weighted by Crippen LogP contribution is 2.22. The lowest BCUT2D eigenvalue weighted by Crippen LogP contribution is -2.13. The quantitative estimate of drug-likeness (QED) is 0.644. The number of nitrogens with zero attached hydrogens (tertiary/aromatic N) is 1. The van der Waals surface area contributed by atoms with Gasteiger partial charge in [0.05, 0.1) is 5.75 Å². The van der Waals surface area contributed by atoms with Gasteiger partial charge in [0, 0.05) is 23.2 Å². The van der Waals surface area contributed by atoms with Crippen LogP contribution >= 0.6 is 23.1 Å². The molecule has 0 aliphatic carbocycles. The molecule has 0 aliphatic heterocycles. The Balaban J connectivity index is 1.45. The molecule has 3 nitrogen and oxygen atoms in total. The molecule has 0 unspecified atom stereocenters. The molecule has 0 atom stereocenters. The molecular weight excluding hydrogens is 348 g/mol. The first-order valence-corrected chi connectivity index (χ1v) is 10.1. The summed E-state index contributed by atoms with van der Waals surface area (Å²) >= 11 is 3.15. The van der Waals surface area contributed by atoms with Gasteiger partial charge >= 0.3 is 0 Å². The van der Waals surface area contributed by atoms with Gasteiger partial charge in [0.25, 0.3) is 0 Å². The van der Waals surface area contributed by atoms with Crippen LogP contribution in [0.2, 0.25) is 0 Å². The number of carbonyl (C=O) groups is 1. The average Bonchev–Trinajstić information content (AvgIpc) is 3.05. The number of thiazole rings is 1. The third-order valence-electron chi connectivity index (χ3n) is 3.64. The number of aryl methyl sites for hydroxylation is 1. The number of anilines is 1. The van der Waals surface area contributed by atoms with Crippen molar-refractivity contribution in [2.45, 2.75) is 19.1 Å². The summed E-state index contributed by atoms with van der Waals surface area (Å²) in [7, 11) is 0. The lowest BCUT2D eigenvalue weighted by atomic mass is 10.1. The third-order valence-corrected chi connectivity index (χ3v) is 5.56. The Morgan fingerprint density at radius 3 is 2.60 bits per heavy atom. The van der Waals surface area contributed by atoms with Crippen molar-refractivity contribution in [1.82, 2.24) is 4.98 Å². The SMILES string of the molecule is Cc1ccc(Cc2cnc(NC(=O)CSCc3ccccc3)s2)cc1. The first-order chi connectivity index (χ1) is 12.2. The minimum Gasteiger partial charge on any atom is -0.301 e. The van der Waals surface area contributed by atoms with Crippen LogP contribution in [-0.4, -0.2) is 16.6 Å². The zero-order valence-electron chi connectivity index (χ0n) is 14.1. The van der Waals surface area contributed by atoms with Gasteiger partial charge in [0.2, 0.25) is 5.91 Å². The van der Waals surface area contributed by atoms with E-state index in [1.165, 1.54) is 28.0 Å². The molecule has 0 spiro atoms. The van der Waals surface area contributed by atoms with Crippen LogP contribution < -0.4 is 5.32 Å². The number of benzene rings is 2. The minimum atomic E-state index is -0.00262. The fourth-order valence-electron chi connectivity index (χ4n) is 2.35. The maximum atomic E-state index is 12.0. The molecule has 3 aromatic rings. The van der Waals surface area contributed by atoms with Gasteiger partial charge in [-0.2, -0.15) is 0 Å². The number of hydrogen-bond acceptors (Lipinski definition) is 4. The molecule has 0 fully saturated rings. The topological polar surface area (TPSA) is 42.0 Å². The molecule has 1 aromatic heterocycles. The molecule has 5 heteroatoms. The molecule has 1 N–H and O–H groups in total. The molecule has 128 valence electrons. The fourth-order valence-corrected chi connectivity index (χ4v) is 4.00. The summed E-state index contributed by atoms with van der Waals surface area (Å²) in [5.74, 6) is 1.27. The Hall–Kier alpha value is -2.11. The molecule has 0 saturated heterocycles. The smallest absolute Gasteiger partial charge is 0.236 e. The summed E-state index contributed by atoms with van der Waals surface area (Å²) in [6.45, 7) is 2.08. The first-order valence-electron chi connectivity index (χ1n) is 8.11. The van der Waals surface area contributed by atoms with Crippen LogP contribution in [0.4, 0.5) is 5.13 Å². The molecule has 1 heterocycles. The predicted octanol–water partition coefficient (Wildman–Crippen LogP) is 4.91. The fraction of sp³-hybridized carbons (Fsp3) is 0.200. The molecule has 0 bridgehead atoms. The van der Waals surface area contributed by atoms with E-state index in [0.717, 1.165) is 17.1 Å². The molecule has 0 saturated carbocycles. The Morgan fingerprint density at radius 2 is 1.84 bits per heavy atom. The monoisotopic (exact) mass is 368 g/mol. The molecule has 0 radical (unpaired) electrons. The second-order valence-electron chi connectivity index (χ2n) is 5.82. The average molecular weight is 369 g/mol. The number of hydrogen-bond donors (Lipinski definition) is 1. The predicted molar refractivity (Wildman–Crippen MR) is 107 cm³/mol. The normalized spacial score (nSPS) is 10.6. The van der Waals surface area contributed by atoms with Gasteiger partial charge in [-0.3, -0.25) is 4.79 Å². The van der Waals surface area contributed by atoms with Crippen molar-refractivity contribution >= 4 is 34.1 Å². The van der Waals surface area contributed by atoms with Crippen molar-refractivity contribution in [3.63, 3.8) is 0 Å². The summed E-state index contributed by atoms with van der Waals surface area (Å²) in [4.78, 5) is 17.5. The van der Waals surface area contributed by atoms with E-state index in [1.807, 2.05) is 24.4 Å². The van der Waals surface area contributed by atoms with Crippen LogP contribution in [0.1, 0.15) is 21.6 Å². The van der Waals surface area contributed by atoms with Crippen LogP contribution in [0, 0.1) is 6.92 Å². The van der Waals surface area contributed by atoms with E-state index in [9.17, 15) is 4.79 Å². The summed E-state index contributed by atoms with van der Waals surface area (Å²) in [5, 5.41) is 3.56. The van der Waals surface area contributed by atoms with E-state index in [4.69, 9.17) is 0 Å². The Kier molecular flexibility index (Phi) is 6.25. The van der Waals surface area contributed by atoms with Gasteiger partial charge in [-0.25, -0.2) is 4.98 Å². The van der Waals surface area contributed by atoms with Crippen molar-refractivity contribution < 1.29 is 4.79 Å². The lowest BCUT2D eigenvalue weighted by Gasteiger charge is -2.02. The second-order valence-corrected chi connectivity index (χ2v) is 7.92. The lowest BCUT2D eigenvalue weighted by molar-refractivity contribution is -0.113. The highest BCUT2D eigenvalue weighted by molar-refractivity contribution is 7.99. The first kappa shape index (κ1) is 17.7. The van der Waals surface area contributed by atoms with Crippen molar-refractivity contribution in [1.29, 1.82) is 0 Å². The van der Waals surface area contributed by atoms with E-state index in [-0.39, 0.29) is 5.91 Å². The molecule has 3 rings (SSSR count). The Labute approximate surface area is 156 Å². The Morgan fingerprint density at radius 1 is 1.08 bits per heavy atom. The van der Waals surface area contributed by atoms with Crippen LogP contribution in [0.5, 0.6) is 0 Å². The Bertz CT molecular complexity index is 813. The van der Waals surface area contributed by atoms with Gasteiger partial charge in [-0.05, 0) is 18.1 Å². The number of rotatable bonds is 7.